The van der Waals surface area contributed by atoms with Crippen molar-refractivity contribution in [2.24, 2.45) is 0 Å². The van der Waals surface area contributed by atoms with Gasteiger partial charge in [-0.1, -0.05) is 273 Å². The molecule has 5 unspecified atom stereocenters. The molecule has 0 saturated heterocycles. The molecule has 99 heavy (non-hydrogen) atoms. The van der Waals surface area contributed by atoms with E-state index in [1.807, 2.05) is 36.5 Å². The van der Waals surface area contributed by atoms with Crippen LogP contribution in [0, 0.1) is 0 Å². The average molecular weight is 1420 g/mol. The van der Waals surface area contributed by atoms with Gasteiger partial charge in [0.1, 0.15) is 25.4 Å². The molecule has 0 aromatic heterocycles. The third-order valence-corrected chi connectivity index (χ3v) is 16.2. The average Bonchev–Trinajstić information content (AvgIpc) is 2.97. The number of phosphoric ester groups is 2. The second-order valence-electron chi connectivity index (χ2n) is 23.6. The Morgan fingerprint density at radius 1 is 0.293 bits per heavy atom. The fraction of sp³-hybridized carbons (Fsp3) is 0.568. The van der Waals surface area contributed by atoms with E-state index in [9.17, 15) is 43.5 Å². The number of esters is 3. The SMILES string of the molecule is CC/C=C\C/C=C\C/C=C\C/C=C\C/C=C\C/C=C\CCC(=O)OCC(COP(=O)(O)OCC(O)COP(=O)(O)OCC(O)COC(=O)CCCCCCCCCCC/C=C\C/C=C\C/C=C\C/C=C\CCCCC)OC(=O)CC/C=C\C/C=C\C/C=C\C/C=C\C/C=C\C/C=C\CC. The zero-order valence-corrected chi connectivity index (χ0v) is 62.4. The second kappa shape index (κ2) is 72.2. The van der Waals surface area contributed by atoms with Gasteiger partial charge in [0.15, 0.2) is 6.10 Å². The molecule has 0 aliphatic rings. The molecule has 0 spiro atoms. The fourth-order valence-corrected chi connectivity index (χ4v) is 10.4. The Bertz CT molecular complexity index is 2580. The molecule has 0 aliphatic heterocycles. The van der Waals surface area contributed by atoms with Gasteiger partial charge in [0, 0.05) is 19.3 Å². The molecule has 0 fully saturated rings. The van der Waals surface area contributed by atoms with Crippen molar-refractivity contribution in [1.82, 2.24) is 0 Å². The zero-order chi connectivity index (χ0) is 72.3. The summed E-state index contributed by atoms with van der Waals surface area (Å²) in [6.45, 7) is 2.19. The maximum absolute atomic E-state index is 12.9. The molecule has 0 aromatic rings. The van der Waals surface area contributed by atoms with Gasteiger partial charge in [-0.2, -0.15) is 0 Å². The van der Waals surface area contributed by atoms with Crippen molar-refractivity contribution in [1.29, 1.82) is 0 Å². The molecular weight excluding hydrogens is 1290 g/mol. The number of aliphatic hydroxyl groups is 2. The monoisotopic (exact) mass is 1420 g/mol. The smallest absolute Gasteiger partial charge is 0.463 e. The van der Waals surface area contributed by atoms with Crippen LogP contribution < -0.4 is 0 Å². The third kappa shape index (κ3) is 73.4. The first-order valence-corrected chi connectivity index (χ1v) is 39.7. The van der Waals surface area contributed by atoms with E-state index in [1.54, 1.807) is 0 Å². The Morgan fingerprint density at radius 2 is 0.556 bits per heavy atom. The lowest BCUT2D eigenvalue weighted by atomic mass is 10.1. The van der Waals surface area contributed by atoms with Crippen LogP contribution in [0.5, 0.6) is 0 Å². The molecule has 0 bridgehead atoms. The molecule has 18 heteroatoms. The number of allylic oxidation sites excluding steroid dienone is 32. The maximum atomic E-state index is 12.9. The third-order valence-electron chi connectivity index (χ3n) is 14.3. The Labute approximate surface area is 597 Å². The summed E-state index contributed by atoms with van der Waals surface area (Å²) in [6, 6.07) is 0. The van der Waals surface area contributed by atoms with Crippen molar-refractivity contribution >= 4 is 33.6 Å². The number of phosphoric acid groups is 2. The van der Waals surface area contributed by atoms with E-state index in [-0.39, 0.29) is 19.3 Å². The van der Waals surface area contributed by atoms with E-state index in [2.05, 4.69) is 179 Å². The lowest BCUT2D eigenvalue weighted by Gasteiger charge is -2.21. The highest BCUT2D eigenvalue weighted by molar-refractivity contribution is 7.47. The summed E-state index contributed by atoms with van der Waals surface area (Å²) < 4.78 is 60.8. The second-order valence-corrected chi connectivity index (χ2v) is 26.5. The van der Waals surface area contributed by atoms with Gasteiger partial charge in [0.2, 0.25) is 0 Å². The van der Waals surface area contributed by atoms with E-state index in [1.165, 1.54) is 51.4 Å². The molecule has 0 radical (unpaired) electrons. The van der Waals surface area contributed by atoms with Crippen LogP contribution >= 0.6 is 15.6 Å². The van der Waals surface area contributed by atoms with Gasteiger partial charge in [-0.3, -0.25) is 32.5 Å². The van der Waals surface area contributed by atoms with Crippen LogP contribution in [-0.2, 0) is 55.8 Å². The topological polar surface area (TPSA) is 231 Å². The molecule has 16 nitrogen and oxygen atoms in total. The Morgan fingerprint density at radius 3 is 0.909 bits per heavy atom. The van der Waals surface area contributed by atoms with Gasteiger partial charge in [-0.15, -0.1) is 0 Å². The van der Waals surface area contributed by atoms with Crippen molar-refractivity contribution < 1.29 is 75.8 Å². The van der Waals surface area contributed by atoms with Gasteiger partial charge in [0.25, 0.3) is 0 Å². The number of rotatable bonds is 67. The van der Waals surface area contributed by atoms with Crippen LogP contribution in [-0.4, -0.2) is 95.9 Å². The highest BCUT2D eigenvalue weighted by atomic mass is 31.2. The number of aliphatic hydroxyl groups excluding tert-OH is 2. The zero-order valence-electron chi connectivity index (χ0n) is 60.6. The Hall–Kier alpha value is -5.61. The molecule has 0 rings (SSSR count). The van der Waals surface area contributed by atoms with Gasteiger partial charge >= 0.3 is 33.6 Å². The number of hydrogen-bond donors (Lipinski definition) is 4. The molecule has 558 valence electrons. The van der Waals surface area contributed by atoms with E-state index in [0.717, 1.165) is 116 Å². The normalized spacial score (nSPS) is 15.2. The number of carbonyl (C=O) groups excluding carboxylic acids is 3. The molecule has 5 atom stereocenters. The minimum absolute atomic E-state index is 0.0203. The van der Waals surface area contributed by atoms with Crippen molar-refractivity contribution in [3.8, 4) is 0 Å². The van der Waals surface area contributed by atoms with Gasteiger partial charge in [0.05, 0.1) is 26.4 Å². The molecule has 4 N–H and O–H groups in total. The standard InChI is InChI=1S/C81H128O16P2/c1-4-7-10-13-16-19-22-25-28-31-34-35-36-37-38-39-42-44-46-49-52-55-58-61-64-67-79(84)91-70-76(82)71-93-98(87,88)94-72-77(83)73-95-99(89,90)96-75-78(97-81(86)69-66-63-60-57-54-51-48-45-41-33-30-27-24-21-18-15-12-9-6-3)74-92-80(85)68-65-62-59-56-53-50-47-43-40-32-29-26-23-20-17-14-11-8-5-2/h8-9,11-12,16-21,25-30,34-35,37-38,40-41,43,45,50-51,53-54,59-60,62-63,76-78,82-83H,4-7,10,13-15,22-24,31-33,36,39,42,44,46-49,52,55-58,61,64-75H2,1-3H3,(H,87,88)(H,89,90)/b11-8-,12-9-,19-16-,20-17-,21-18-,28-25-,29-26-,30-27-,35-34-,38-37-,43-40-,45-41-,53-50-,54-51-,62-59-,63-60-. The van der Waals surface area contributed by atoms with Crippen LogP contribution in [0.25, 0.3) is 0 Å². The summed E-state index contributed by atoms with van der Waals surface area (Å²) in [5, 5.41) is 20.6. The van der Waals surface area contributed by atoms with Crippen molar-refractivity contribution in [2.45, 2.75) is 257 Å². The summed E-state index contributed by atoms with van der Waals surface area (Å²) in [6.07, 6.45) is 93.7. The van der Waals surface area contributed by atoms with E-state index >= 15 is 0 Å². The molecular formula is C81H128O16P2. The van der Waals surface area contributed by atoms with Crippen LogP contribution in [0.3, 0.4) is 0 Å². The van der Waals surface area contributed by atoms with Crippen molar-refractivity contribution in [3.05, 3.63) is 194 Å². The highest BCUT2D eigenvalue weighted by Crippen LogP contribution is 2.45. The largest absolute Gasteiger partial charge is 0.472 e. The van der Waals surface area contributed by atoms with Gasteiger partial charge in [-0.25, -0.2) is 9.13 Å². The first-order valence-electron chi connectivity index (χ1n) is 36.7. The summed E-state index contributed by atoms with van der Waals surface area (Å²) in [7, 11) is -9.85. The lowest BCUT2D eigenvalue weighted by molar-refractivity contribution is -0.161. The summed E-state index contributed by atoms with van der Waals surface area (Å²) in [4.78, 5) is 58.5. The fourth-order valence-electron chi connectivity index (χ4n) is 8.78. The highest BCUT2D eigenvalue weighted by Gasteiger charge is 2.29. The van der Waals surface area contributed by atoms with Crippen molar-refractivity contribution in [3.63, 3.8) is 0 Å². The van der Waals surface area contributed by atoms with Crippen molar-refractivity contribution in [2.75, 3.05) is 39.6 Å². The minimum Gasteiger partial charge on any atom is -0.463 e. The number of ether oxygens (including phenoxy) is 3. The minimum atomic E-state index is -4.98. The first-order chi connectivity index (χ1) is 48.2. The van der Waals surface area contributed by atoms with Crippen LogP contribution in [0.1, 0.15) is 239 Å². The molecule has 0 amide bonds. The summed E-state index contributed by atoms with van der Waals surface area (Å²) >= 11 is 0. The number of carbonyl (C=O) groups is 3. The molecule has 0 aromatic carbocycles. The first kappa shape index (κ1) is 93.4. The van der Waals surface area contributed by atoms with Gasteiger partial charge in [-0.05, 0) is 141 Å². The molecule has 0 saturated carbocycles. The lowest BCUT2D eigenvalue weighted by Crippen LogP contribution is -2.29. The predicted octanol–water partition coefficient (Wildman–Crippen LogP) is 21.2. The molecule has 0 aliphatic carbocycles. The number of unbranched alkanes of at least 4 members (excludes halogenated alkanes) is 12. The van der Waals surface area contributed by atoms with Crippen LogP contribution in [0.15, 0.2) is 194 Å². The van der Waals surface area contributed by atoms with E-state index < -0.39 is 91.5 Å². The van der Waals surface area contributed by atoms with E-state index in [0.29, 0.717) is 32.1 Å². The number of hydrogen-bond acceptors (Lipinski definition) is 14. The Kier molecular flexibility index (Phi) is 68.1. The van der Waals surface area contributed by atoms with Crippen LogP contribution in [0.2, 0.25) is 0 Å². The molecule has 0 heterocycles. The summed E-state index contributed by atoms with van der Waals surface area (Å²) in [5.41, 5.74) is 0. The maximum Gasteiger partial charge on any atom is 0.472 e. The predicted molar refractivity (Wildman–Crippen MR) is 408 cm³/mol. The van der Waals surface area contributed by atoms with E-state index in [4.69, 9.17) is 32.3 Å². The van der Waals surface area contributed by atoms with Gasteiger partial charge < -0.3 is 34.2 Å². The quantitative estimate of drug-likeness (QED) is 0.0146. The summed E-state index contributed by atoms with van der Waals surface area (Å²) in [5.74, 6) is -1.80. The van der Waals surface area contributed by atoms with Crippen LogP contribution in [0.4, 0.5) is 0 Å². The Balaban J connectivity index is 4.79.